The number of carboxylic acids is 1. The highest BCUT2D eigenvalue weighted by Gasteiger charge is 2.51. The van der Waals surface area contributed by atoms with E-state index in [-0.39, 0.29) is 29.7 Å². The molecule has 0 aliphatic carbocycles. The van der Waals surface area contributed by atoms with Gasteiger partial charge in [0.05, 0.1) is 22.8 Å². The number of sulfonamides is 1. The Labute approximate surface area is 245 Å². The highest BCUT2D eigenvalue weighted by Crippen LogP contribution is 2.52. The van der Waals surface area contributed by atoms with E-state index in [1.54, 1.807) is 48.2 Å². The topological polar surface area (TPSA) is 104 Å². The number of hydrogen-bond acceptors (Lipinski definition) is 4. The smallest absolute Gasteiger partial charge is 0.304 e. The Hall–Kier alpha value is -2.91. The third-order valence-corrected chi connectivity index (χ3v) is 9.48. The molecule has 0 spiro atoms. The Balaban J connectivity index is 1.72. The number of likely N-dealkylation sites (tertiary alicyclic amines) is 1. The van der Waals surface area contributed by atoms with Gasteiger partial charge in [0.25, 0.3) is 0 Å². The molecule has 0 radical (unpaired) electrons. The molecule has 212 valence electrons. The molecule has 1 aliphatic heterocycles. The third kappa shape index (κ3) is 6.69. The zero-order chi connectivity index (χ0) is 29.1. The van der Waals surface area contributed by atoms with Crippen LogP contribution in [0, 0.1) is 5.41 Å². The van der Waals surface area contributed by atoms with E-state index < -0.39 is 33.5 Å². The van der Waals surface area contributed by atoms with Gasteiger partial charge in [0.2, 0.25) is 15.9 Å². The molecule has 1 saturated heterocycles. The molecule has 3 aromatic rings. The van der Waals surface area contributed by atoms with Crippen molar-refractivity contribution >= 4 is 45.1 Å². The van der Waals surface area contributed by atoms with Crippen molar-refractivity contribution < 1.29 is 23.1 Å². The van der Waals surface area contributed by atoms with Crippen LogP contribution in [0.15, 0.2) is 83.8 Å². The van der Waals surface area contributed by atoms with Crippen molar-refractivity contribution in [3.05, 3.63) is 100 Å². The molecule has 0 bridgehead atoms. The van der Waals surface area contributed by atoms with Crippen LogP contribution in [0.3, 0.4) is 0 Å². The van der Waals surface area contributed by atoms with Crippen LogP contribution in [-0.4, -0.2) is 42.9 Å². The van der Waals surface area contributed by atoms with Crippen LogP contribution in [0.1, 0.15) is 56.2 Å². The van der Waals surface area contributed by atoms with Crippen LogP contribution in [0.2, 0.25) is 10.0 Å². The van der Waals surface area contributed by atoms with Crippen LogP contribution in [0.4, 0.5) is 0 Å². The molecule has 1 fully saturated rings. The Morgan fingerprint density at radius 2 is 1.70 bits per heavy atom. The van der Waals surface area contributed by atoms with Crippen molar-refractivity contribution in [3.8, 4) is 0 Å². The standard InChI is InChI=1S/C30H32Cl2N2O5S/c1-20(15-16-33-40(38,39)25-9-4-3-5-10-25)34-28(21-11-13-23(31)14-12-21)26(22-7-6-8-24(32)17-22)18-30(2,29(34)37)19-27(35)36/h3-14,17,20,26,28,33H,15-16,18-19H2,1-2H3,(H,35,36)/t20-,26+,28+,30+/m0/s1. The van der Waals surface area contributed by atoms with E-state index in [2.05, 4.69) is 4.72 Å². The molecule has 0 unspecified atom stereocenters. The van der Waals surface area contributed by atoms with E-state index in [0.717, 1.165) is 11.1 Å². The molecule has 3 aromatic carbocycles. The van der Waals surface area contributed by atoms with Crippen molar-refractivity contribution in [2.24, 2.45) is 5.41 Å². The van der Waals surface area contributed by atoms with Gasteiger partial charge < -0.3 is 10.0 Å². The number of carbonyl (C=O) groups excluding carboxylic acids is 1. The second-order valence-corrected chi connectivity index (χ2v) is 13.2. The van der Waals surface area contributed by atoms with Crippen LogP contribution in [-0.2, 0) is 19.6 Å². The maximum Gasteiger partial charge on any atom is 0.304 e. The van der Waals surface area contributed by atoms with Gasteiger partial charge in [-0.15, -0.1) is 0 Å². The van der Waals surface area contributed by atoms with Gasteiger partial charge in [0.1, 0.15) is 0 Å². The fourth-order valence-electron chi connectivity index (χ4n) is 5.59. The Bertz CT molecular complexity index is 1470. The quantitative estimate of drug-likeness (QED) is 0.284. The SMILES string of the molecule is C[C@@H](CCNS(=O)(=O)c1ccccc1)N1C(=O)[C@@](C)(CC(=O)O)C[C@H](c2cccc(Cl)c2)[C@H]1c1ccc(Cl)cc1. The lowest BCUT2D eigenvalue weighted by Gasteiger charge is -2.51. The summed E-state index contributed by atoms with van der Waals surface area (Å²) >= 11 is 12.6. The van der Waals surface area contributed by atoms with Crippen LogP contribution < -0.4 is 4.72 Å². The summed E-state index contributed by atoms with van der Waals surface area (Å²) in [5, 5.41) is 10.8. The molecular formula is C30H32Cl2N2O5S. The van der Waals surface area contributed by atoms with Crippen molar-refractivity contribution in [2.75, 3.05) is 6.54 Å². The Morgan fingerprint density at radius 1 is 1.02 bits per heavy atom. The number of rotatable bonds is 10. The average Bonchev–Trinajstić information content (AvgIpc) is 2.90. The van der Waals surface area contributed by atoms with Crippen molar-refractivity contribution in [2.45, 2.75) is 56.0 Å². The molecule has 1 aliphatic rings. The van der Waals surface area contributed by atoms with Gasteiger partial charge in [-0.25, -0.2) is 13.1 Å². The summed E-state index contributed by atoms with van der Waals surface area (Å²) < 4.78 is 28.2. The maximum absolute atomic E-state index is 14.2. The molecule has 2 N–H and O–H groups in total. The predicted octanol–water partition coefficient (Wildman–Crippen LogP) is 6.29. The first kappa shape index (κ1) is 30.1. The molecule has 1 heterocycles. The van der Waals surface area contributed by atoms with E-state index in [0.29, 0.717) is 22.9 Å². The van der Waals surface area contributed by atoms with Gasteiger partial charge in [0, 0.05) is 28.5 Å². The van der Waals surface area contributed by atoms with E-state index >= 15 is 0 Å². The fraction of sp³-hybridized carbons (Fsp3) is 0.333. The summed E-state index contributed by atoms with van der Waals surface area (Å²) in [6, 6.07) is 21.9. The van der Waals surface area contributed by atoms with E-state index in [1.165, 1.54) is 12.1 Å². The Morgan fingerprint density at radius 3 is 2.33 bits per heavy atom. The number of amides is 1. The third-order valence-electron chi connectivity index (χ3n) is 7.51. The maximum atomic E-state index is 14.2. The molecule has 0 saturated carbocycles. The van der Waals surface area contributed by atoms with Crippen LogP contribution >= 0.6 is 23.2 Å². The molecule has 0 aromatic heterocycles. The minimum atomic E-state index is -3.73. The highest BCUT2D eigenvalue weighted by atomic mass is 35.5. The normalized spacial score (nSPS) is 22.2. The van der Waals surface area contributed by atoms with E-state index in [1.807, 2.05) is 37.3 Å². The van der Waals surface area contributed by atoms with Crippen molar-refractivity contribution in [3.63, 3.8) is 0 Å². The van der Waals surface area contributed by atoms with Gasteiger partial charge in [-0.3, -0.25) is 9.59 Å². The summed E-state index contributed by atoms with van der Waals surface area (Å²) in [7, 11) is -3.73. The summed E-state index contributed by atoms with van der Waals surface area (Å²) in [6.45, 7) is 3.64. The summed E-state index contributed by atoms with van der Waals surface area (Å²) in [6.07, 6.45) is 0.281. The lowest BCUT2D eigenvalue weighted by atomic mass is 9.67. The first-order valence-electron chi connectivity index (χ1n) is 13.0. The second-order valence-electron chi connectivity index (χ2n) is 10.6. The molecule has 4 atom stereocenters. The fourth-order valence-corrected chi connectivity index (χ4v) is 6.98. The van der Waals surface area contributed by atoms with E-state index in [9.17, 15) is 23.1 Å². The summed E-state index contributed by atoms with van der Waals surface area (Å²) in [5.74, 6) is -1.62. The number of carboxylic acid groups (broad SMARTS) is 1. The van der Waals surface area contributed by atoms with Gasteiger partial charge in [-0.1, -0.05) is 72.6 Å². The molecule has 40 heavy (non-hydrogen) atoms. The monoisotopic (exact) mass is 602 g/mol. The first-order chi connectivity index (χ1) is 18.9. The molecule has 4 rings (SSSR count). The first-order valence-corrected chi connectivity index (χ1v) is 15.3. The lowest BCUT2D eigenvalue weighted by Crippen LogP contribution is -2.55. The summed E-state index contributed by atoms with van der Waals surface area (Å²) in [4.78, 5) is 28.0. The average molecular weight is 604 g/mol. The number of halogens is 2. The minimum absolute atomic E-state index is 0.0903. The van der Waals surface area contributed by atoms with Gasteiger partial charge >= 0.3 is 5.97 Å². The Kier molecular flexibility index (Phi) is 9.25. The molecule has 1 amide bonds. The zero-order valence-corrected chi connectivity index (χ0v) is 24.6. The number of nitrogens with zero attached hydrogens (tertiary/aromatic N) is 1. The minimum Gasteiger partial charge on any atom is -0.481 e. The van der Waals surface area contributed by atoms with Gasteiger partial charge in [0.15, 0.2) is 0 Å². The van der Waals surface area contributed by atoms with Crippen molar-refractivity contribution in [1.82, 2.24) is 9.62 Å². The number of benzene rings is 3. The predicted molar refractivity (Wildman–Crippen MR) is 156 cm³/mol. The molecular weight excluding hydrogens is 571 g/mol. The summed E-state index contributed by atoms with van der Waals surface area (Å²) in [5.41, 5.74) is 0.551. The number of aliphatic carboxylic acids is 1. The highest BCUT2D eigenvalue weighted by molar-refractivity contribution is 7.89. The van der Waals surface area contributed by atoms with Gasteiger partial charge in [-0.2, -0.15) is 0 Å². The second kappa shape index (κ2) is 12.3. The zero-order valence-electron chi connectivity index (χ0n) is 22.3. The van der Waals surface area contributed by atoms with Crippen LogP contribution in [0.25, 0.3) is 0 Å². The number of hydrogen-bond donors (Lipinski definition) is 2. The number of carbonyl (C=O) groups is 2. The van der Waals surface area contributed by atoms with Crippen molar-refractivity contribution in [1.29, 1.82) is 0 Å². The molecule has 10 heteroatoms. The number of piperidine rings is 1. The van der Waals surface area contributed by atoms with Crippen LogP contribution in [0.5, 0.6) is 0 Å². The van der Waals surface area contributed by atoms with Gasteiger partial charge in [-0.05, 0) is 67.3 Å². The van der Waals surface area contributed by atoms with E-state index in [4.69, 9.17) is 23.2 Å². The largest absolute Gasteiger partial charge is 0.481 e. The lowest BCUT2D eigenvalue weighted by molar-refractivity contribution is -0.160. The number of nitrogens with one attached hydrogen (secondary N) is 1. The molecule has 7 nitrogen and oxygen atoms in total.